The van der Waals surface area contributed by atoms with Gasteiger partial charge in [0.05, 0.1) is 6.04 Å². The smallest absolute Gasteiger partial charge is 0.507 e. The van der Waals surface area contributed by atoms with Crippen molar-refractivity contribution in [1.82, 2.24) is 0 Å². The van der Waals surface area contributed by atoms with Gasteiger partial charge in [-0.3, -0.25) is 0 Å². The third-order valence-electron chi connectivity index (χ3n) is 3.35. The van der Waals surface area contributed by atoms with Crippen LogP contribution in [0.5, 0.6) is 11.5 Å². The first kappa shape index (κ1) is 16.2. The summed E-state index contributed by atoms with van der Waals surface area (Å²) in [6.07, 6.45) is -4.71. The maximum absolute atomic E-state index is 12.1. The van der Waals surface area contributed by atoms with E-state index in [0.717, 1.165) is 5.56 Å². The van der Waals surface area contributed by atoms with Crippen molar-refractivity contribution >= 4 is 0 Å². The zero-order valence-corrected chi connectivity index (χ0v) is 12.1. The van der Waals surface area contributed by atoms with E-state index in [0.29, 0.717) is 16.7 Å². The van der Waals surface area contributed by atoms with Gasteiger partial charge in [0, 0.05) is 0 Å². The Labute approximate surface area is 126 Å². The van der Waals surface area contributed by atoms with Gasteiger partial charge in [-0.05, 0) is 48.2 Å². The summed E-state index contributed by atoms with van der Waals surface area (Å²) in [5.41, 5.74) is 8.96. The molecule has 3 nitrogen and oxygen atoms in total. The second-order valence-corrected chi connectivity index (χ2v) is 5.10. The fourth-order valence-electron chi connectivity index (χ4n) is 2.24. The monoisotopic (exact) mass is 311 g/mol. The van der Waals surface area contributed by atoms with Crippen LogP contribution < -0.4 is 10.5 Å². The van der Waals surface area contributed by atoms with Crippen LogP contribution in [0.1, 0.15) is 28.3 Å². The number of phenols is 1. The summed E-state index contributed by atoms with van der Waals surface area (Å²) in [4.78, 5) is 0. The van der Waals surface area contributed by atoms with Gasteiger partial charge in [-0.2, -0.15) is 0 Å². The van der Waals surface area contributed by atoms with Crippen molar-refractivity contribution in [3.63, 3.8) is 0 Å². The number of rotatable bonds is 3. The average molecular weight is 311 g/mol. The molecule has 0 aliphatic heterocycles. The highest BCUT2D eigenvalue weighted by Crippen LogP contribution is 2.29. The van der Waals surface area contributed by atoms with E-state index in [4.69, 9.17) is 5.73 Å². The lowest BCUT2D eigenvalue weighted by atomic mass is 9.96. The van der Waals surface area contributed by atoms with Gasteiger partial charge in [-0.25, -0.2) is 0 Å². The maximum atomic E-state index is 12.1. The second-order valence-electron chi connectivity index (χ2n) is 5.10. The van der Waals surface area contributed by atoms with E-state index in [-0.39, 0.29) is 11.5 Å². The topological polar surface area (TPSA) is 55.5 Å². The lowest BCUT2D eigenvalue weighted by Gasteiger charge is -2.16. The Morgan fingerprint density at radius 2 is 1.50 bits per heavy atom. The van der Waals surface area contributed by atoms with E-state index < -0.39 is 12.4 Å². The van der Waals surface area contributed by atoms with Gasteiger partial charge in [-0.15, -0.1) is 13.2 Å². The number of ether oxygens (including phenoxy) is 1. The first-order valence-corrected chi connectivity index (χ1v) is 6.59. The molecule has 0 amide bonds. The first-order valence-electron chi connectivity index (χ1n) is 6.59. The van der Waals surface area contributed by atoms with Crippen LogP contribution >= 0.6 is 0 Å². The van der Waals surface area contributed by atoms with Crippen LogP contribution in [0.3, 0.4) is 0 Å². The highest BCUT2D eigenvalue weighted by Gasteiger charge is 2.31. The number of hydrogen-bond donors (Lipinski definition) is 2. The van der Waals surface area contributed by atoms with E-state index in [9.17, 15) is 18.3 Å². The minimum Gasteiger partial charge on any atom is -0.507 e. The zero-order chi connectivity index (χ0) is 16.5. The second kappa shape index (κ2) is 5.88. The van der Waals surface area contributed by atoms with Crippen LogP contribution in [-0.2, 0) is 0 Å². The Morgan fingerprint density at radius 3 is 1.95 bits per heavy atom. The summed E-state index contributed by atoms with van der Waals surface area (Å²) in [6.45, 7) is 3.53. The number of aromatic hydroxyl groups is 1. The summed E-state index contributed by atoms with van der Waals surface area (Å²) < 4.78 is 40.2. The molecule has 118 valence electrons. The number of benzene rings is 2. The summed E-state index contributed by atoms with van der Waals surface area (Å²) in [7, 11) is 0. The van der Waals surface area contributed by atoms with Crippen LogP contribution in [0, 0.1) is 13.8 Å². The largest absolute Gasteiger partial charge is 0.573 e. The Balaban J connectivity index is 2.25. The zero-order valence-electron chi connectivity index (χ0n) is 12.1. The highest BCUT2D eigenvalue weighted by molar-refractivity contribution is 5.45. The molecule has 0 radical (unpaired) electrons. The molecule has 0 spiro atoms. The van der Waals surface area contributed by atoms with Crippen LogP contribution in [0.4, 0.5) is 13.2 Å². The number of nitrogens with two attached hydrogens (primary N) is 1. The number of phenolic OH excluding ortho intramolecular Hbond substituents is 1. The Kier molecular flexibility index (Phi) is 4.32. The standard InChI is InChI=1S/C16H16F3NO2/c1-9-7-12(8-10(2)15(9)21)14(20)11-3-5-13(6-4-11)22-16(17,18)19/h3-8,14,21H,20H2,1-2H3/t14-/m0/s1. The summed E-state index contributed by atoms with van der Waals surface area (Å²) in [6, 6.07) is 8.44. The van der Waals surface area contributed by atoms with E-state index in [1.54, 1.807) is 26.0 Å². The maximum Gasteiger partial charge on any atom is 0.573 e. The molecule has 2 rings (SSSR count). The van der Waals surface area contributed by atoms with Crippen LogP contribution in [0.15, 0.2) is 36.4 Å². The molecule has 3 N–H and O–H groups in total. The molecule has 0 unspecified atom stereocenters. The SMILES string of the molecule is Cc1cc([C@@H](N)c2ccc(OC(F)(F)F)cc2)cc(C)c1O. The van der Waals surface area contributed by atoms with Gasteiger partial charge in [0.15, 0.2) is 0 Å². The molecular formula is C16H16F3NO2. The lowest BCUT2D eigenvalue weighted by molar-refractivity contribution is -0.274. The molecule has 2 aromatic rings. The minimum atomic E-state index is -4.71. The number of alkyl halides is 3. The van der Waals surface area contributed by atoms with E-state index in [2.05, 4.69) is 4.74 Å². The number of hydrogen-bond acceptors (Lipinski definition) is 3. The molecule has 1 atom stereocenters. The van der Waals surface area contributed by atoms with Crippen molar-refractivity contribution in [1.29, 1.82) is 0 Å². The molecule has 22 heavy (non-hydrogen) atoms. The van der Waals surface area contributed by atoms with Gasteiger partial charge in [0.2, 0.25) is 0 Å². The molecule has 0 bridgehead atoms. The van der Waals surface area contributed by atoms with Crippen molar-refractivity contribution in [3.8, 4) is 11.5 Å². The van der Waals surface area contributed by atoms with Crippen molar-refractivity contribution in [3.05, 3.63) is 58.7 Å². The molecule has 0 aliphatic rings. The van der Waals surface area contributed by atoms with Crippen molar-refractivity contribution in [2.24, 2.45) is 5.73 Å². The lowest BCUT2D eigenvalue weighted by Crippen LogP contribution is -2.17. The third-order valence-corrected chi connectivity index (χ3v) is 3.35. The number of halogens is 3. The van der Waals surface area contributed by atoms with Crippen LogP contribution in [-0.4, -0.2) is 11.5 Å². The fraction of sp³-hybridized carbons (Fsp3) is 0.250. The molecular weight excluding hydrogens is 295 g/mol. The summed E-state index contributed by atoms with van der Waals surface area (Å²) in [5.74, 6) is -0.0774. The van der Waals surface area contributed by atoms with Gasteiger partial charge in [0.1, 0.15) is 11.5 Å². The minimum absolute atomic E-state index is 0.213. The third kappa shape index (κ3) is 3.71. The van der Waals surface area contributed by atoms with Crippen molar-refractivity contribution in [2.45, 2.75) is 26.3 Å². The molecule has 0 saturated heterocycles. The van der Waals surface area contributed by atoms with E-state index in [1.807, 2.05) is 0 Å². The van der Waals surface area contributed by atoms with Crippen molar-refractivity contribution < 1.29 is 23.0 Å². The Bertz CT molecular complexity index is 643. The normalized spacial score (nSPS) is 13.0. The summed E-state index contributed by atoms with van der Waals surface area (Å²) in [5, 5.41) is 9.76. The van der Waals surface area contributed by atoms with Gasteiger partial charge >= 0.3 is 6.36 Å². The molecule has 0 fully saturated rings. The van der Waals surface area contributed by atoms with Gasteiger partial charge in [0.25, 0.3) is 0 Å². The van der Waals surface area contributed by atoms with Gasteiger partial charge < -0.3 is 15.6 Å². The molecule has 0 saturated carbocycles. The molecule has 0 aliphatic carbocycles. The molecule has 2 aromatic carbocycles. The highest BCUT2D eigenvalue weighted by atomic mass is 19.4. The summed E-state index contributed by atoms with van der Waals surface area (Å²) >= 11 is 0. The predicted molar refractivity (Wildman–Crippen MR) is 76.7 cm³/mol. The Morgan fingerprint density at radius 1 is 1.00 bits per heavy atom. The predicted octanol–water partition coefficient (Wildman–Crippen LogP) is 3.96. The molecule has 0 heterocycles. The van der Waals surface area contributed by atoms with E-state index in [1.165, 1.54) is 24.3 Å². The molecule has 6 heteroatoms. The quantitative estimate of drug-likeness (QED) is 0.902. The van der Waals surface area contributed by atoms with Crippen molar-refractivity contribution in [2.75, 3.05) is 0 Å². The number of aryl methyl sites for hydroxylation is 2. The fourth-order valence-corrected chi connectivity index (χ4v) is 2.24. The first-order chi connectivity index (χ1) is 10.2. The van der Waals surface area contributed by atoms with Crippen LogP contribution in [0.25, 0.3) is 0 Å². The Hall–Kier alpha value is -2.21. The van der Waals surface area contributed by atoms with Crippen LogP contribution in [0.2, 0.25) is 0 Å². The average Bonchev–Trinajstić information content (AvgIpc) is 2.42. The van der Waals surface area contributed by atoms with E-state index >= 15 is 0 Å². The molecule has 0 aromatic heterocycles. The van der Waals surface area contributed by atoms with Gasteiger partial charge in [-0.1, -0.05) is 24.3 Å².